The largest absolute Gasteiger partial charge is 0.496 e. The van der Waals surface area contributed by atoms with Gasteiger partial charge in [-0.3, -0.25) is 14.2 Å². The van der Waals surface area contributed by atoms with E-state index in [1.165, 1.54) is 10.6 Å². The fourth-order valence-electron chi connectivity index (χ4n) is 4.00. The molecule has 0 spiro atoms. The average molecular weight is 450 g/mol. The number of anilines is 1. The number of nitrogens with one attached hydrogen (secondary N) is 1. The molecule has 1 N–H and O–H groups in total. The predicted molar refractivity (Wildman–Crippen MR) is 126 cm³/mol. The monoisotopic (exact) mass is 449 g/mol. The number of nitrogens with zero attached hydrogens (tertiary/aromatic N) is 2. The highest BCUT2D eigenvalue weighted by Gasteiger charge is 2.20. The number of hydrogen-bond acceptors (Lipinski definition) is 5. The van der Waals surface area contributed by atoms with Crippen LogP contribution in [0.2, 0.25) is 0 Å². The topological polar surface area (TPSA) is 93.8 Å². The summed E-state index contributed by atoms with van der Waals surface area (Å²) in [6.07, 6.45) is 6.18. The fourth-order valence-corrected chi connectivity index (χ4v) is 4.00. The summed E-state index contributed by atoms with van der Waals surface area (Å²) >= 11 is 0. The van der Waals surface area contributed by atoms with Gasteiger partial charge >= 0.3 is 5.76 Å². The van der Waals surface area contributed by atoms with Gasteiger partial charge in [-0.2, -0.15) is 0 Å². The Morgan fingerprint density at radius 2 is 1.91 bits per heavy atom. The van der Waals surface area contributed by atoms with Gasteiger partial charge in [0.15, 0.2) is 5.58 Å². The fraction of sp³-hybridized carbons (Fsp3) is 0.320. The Morgan fingerprint density at radius 3 is 2.67 bits per heavy atom. The van der Waals surface area contributed by atoms with E-state index in [0.717, 1.165) is 30.4 Å². The normalized spacial score (nSPS) is 14.1. The van der Waals surface area contributed by atoms with Gasteiger partial charge in [0, 0.05) is 30.4 Å². The van der Waals surface area contributed by atoms with Crippen molar-refractivity contribution in [3.63, 3.8) is 0 Å². The molecule has 172 valence electrons. The summed E-state index contributed by atoms with van der Waals surface area (Å²) in [6, 6.07) is 10.6. The summed E-state index contributed by atoms with van der Waals surface area (Å²) in [4.78, 5) is 39.3. The van der Waals surface area contributed by atoms with Crippen molar-refractivity contribution in [3.8, 4) is 5.75 Å². The van der Waals surface area contributed by atoms with E-state index in [-0.39, 0.29) is 18.4 Å². The number of oxazole rings is 1. The third-order valence-corrected chi connectivity index (χ3v) is 5.74. The number of amides is 2. The van der Waals surface area contributed by atoms with Crippen molar-refractivity contribution in [2.24, 2.45) is 0 Å². The van der Waals surface area contributed by atoms with Crippen molar-refractivity contribution >= 4 is 34.7 Å². The lowest BCUT2D eigenvalue weighted by Gasteiger charge is -2.26. The van der Waals surface area contributed by atoms with Gasteiger partial charge in [-0.05, 0) is 62.6 Å². The Labute approximate surface area is 191 Å². The summed E-state index contributed by atoms with van der Waals surface area (Å²) < 4.78 is 11.9. The predicted octanol–water partition coefficient (Wildman–Crippen LogP) is 3.58. The van der Waals surface area contributed by atoms with Gasteiger partial charge in [-0.1, -0.05) is 11.6 Å². The minimum absolute atomic E-state index is 0.0870. The van der Waals surface area contributed by atoms with Gasteiger partial charge in [0.2, 0.25) is 11.8 Å². The number of likely N-dealkylation sites (tertiary alicyclic amines) is 1. The van der Waals surface area contributed by atoms with Crippen LogP contribution in [-0.4, -0.2) is 41.5 Å². The van der Waals surface area contributed by atoms with E-state index in [4.69, 9.17) is 9.15 Å². The Morgan fingerprint density at radius 1 is 1.12 bits per heavy atom. The van der Waals surface area contributed by atoms with E-state index in [0.29, 0.717) is 35.6 Å². The minimum Gasteiger partial charge on any atom is -0.496 e. The number of aryl methyl sites for hydroxylation is 1. The van der Waals surface area contributed by atoms with E-state index >= 15 is 0 Å². The van der Waals surface area contributed by atoms with Gasteiger partial charge in [0.25, 0.3) is 0 Å². The molecule has 4 rings (SSSR count). The quantitative estimate of drug-likeness (QED) is 0.581. The molecule has 2 amide bonds. The Hall–Kier alpha value is -3.81. The maximum Gasteiger partial charge on any atom is 0.420 e. The molecule has 1 aromatic heterocycles. The van der Waals surface area contributed by atoms with Gasteiger partial charge in [0.1, 0.15) is 12.3 Å². The zero-order valence-electron chi connectivity index (χ0n) is 18.8. The first kappa shape index (κ1) is 22.4. The molecule has 0 aliphatic carbocycles. The van der Waals surface area contributed by atoms with E-state index < -0.39 is 5.76 Å². The smallest absolute Gasteiger partial charge is 0.420 e. The SMILES string of the molecule is COc1ccc(C)cc1/C=C/C(=O)Nc1ccc2oc(=O)n(CC(=O)N3CCCCC3)c2c1. The number of piperidine rings is 1. The number of ether oxygens (including phenoxy) is 1. The molecule has 0 atom stereocenters. The van der Waals surface area contributed by atoms with Crippen LogP contribution >= 0.6 is 0 Å². The molecule has 1 fully saturated rings. The molecular formula is C25H27N3O5. The second kappa shape index (κ2) is 9.77. The molecule has 0 radical (unpaired) electrons. The number of carbonyl (C=O) groups is 2. The summed E-state index contributed by atoms with van der Waals surface area (Å²) in [5.74, 6) is -0.360. The number of benzene rings is 2. The molecule has 33 heavy (non-hydrogen) atoms. The van der Waals surface area contributed by atoms with Gasteiger partial charge in [-0.15, -0.1) is 0 Å². The van der Waals surface area contributed by atoms with Crippen LogP contribution < -0.4 is 15.8 Å². The molecule has 0 unspecified atom stereocenters. The number of rotatable bonds is 6. The highest BCUT2D eigenvalue weighted by Crippen LogP contribution is 2.22. The van der Waals surface area contributed by atoms with Crippen LogP contribution in [0.1, 0.15) is 30.4 Å². The highest BCUT2D eigenvalue weighted by atomic mass is 16.5. The molecule has 0 bridgehead atoms. The lowest BCUT2D eigenvalue weighted by atomic mass is 10.1. The van der Waals surface area contributed by atoms with E-state index in [2.05, 4.69) is 5.32 Å². The Kier molecular flexibility index (Phi) is 6.63. The van der Waals surface area contributed by atoms with Gasteiger partial charge < -0.3 is 19.4 Å². The lowest BCUT2D eigenvalue weighted by molar-refractivity contribution is -0.132. The molecule has 1 aliphatic rings. The zero-order valence-corrected chi connectivity index (χ0v) is 18.8. The number of methoxy groups -OCH3 is 1. The van der Waals surface area contributed by atoms with Crippen molar-refractivity contribution in [1.29, 1.82) is 0 Å². The van der Waals surface area contributed by atoms with Crippen molar-refractivity contribution in [1.82, 2.24) is 9.47 Å². The maximum atomic E-state index is 12.7. The molecule has 8 nitrogen and oxygen atoms in total. The van der Waals surface area contributed by atoms with E-state index in [1.54, 1.807) is 36.3 Å². The van der Waals surface area contributed by atoms with Crippen LogP contribution in [0, 0.1) is 6.92 Å². The maximum absolute atomic E-state index is 12.7. The average Bonchev–Trinajstić information content (AvgIpc) is 3.12. The second-order valence-electron chi connectivity index (χ2n) is 8.15. The van der Waals surface area contributed by atoms with Crippen LogP contribution in [0.25, 0.3) is 17.2 Å². The molecule has 8 heteroatoms. The Balaban J connectivity index is 1.51. The zero-order chi connectivity index (χ0) is 23.4. The van der Waals surface area contributed by atoms with Crippen molar-refractivity contribution in [3.05, 3.63) is 64.2 Å². The molecule has 2 aromatic carbocycles. The third kappa shape index (κ3) is 5.16. The number of fused-ring (bicyclic) bond motifs is 1. The molecule has 2 heterocycles. The summed E-state index contributed by atoms with van der Waals surface area (Å²) in [6.45, 7) is 3.30. The first-order valence-corrected chi connectivity index (χ1v) is 11.0. The molecule has 0 saturated carbocycles. The number of aromatic nitrogens is 1. The van der Waals surface area contributed by atoms with Gasteiger partial charge in [0.05, 0.1) is 12.6 Å². The van der Waals surface area contributed by atoms with Crippen molar-refractivity contribution in [2.75, 3.05) is 25.5 Å². The summed E-state index contributed by atoms with van der Waals surface area (Å²) in [7, 11) is 1.58. The van der Waals surface area contributed by atoms with Crippen molar-refractivity contribution < 1.29 is 18.7 Å². The molecule has 3 aromatic rings. The van der Waals surface area contributed by atoms with Crippen LogP contribution in [0.15, 0.2) is 51.7 Å². The van der Waals surface area contributed by atoms with Crippen LogP contribution in [0.5, 0.6) is 5.75 Å². The highest BCUT2D eigenvalue weighted by molar-refractivity contribution is 6.03. The van der Waals surface area contributed by atoms with Crippen LogP contribution in [0.4, 0.5) is 5.69 Å². The first-order valence-electron chi connectivity index (χ1n) is 11.0. The van der Waals surface area contributed by atoms with Crippen molar-refractivity contribution in [2.45, 2.75) is 32.7 Å². The molecule has 1 saturated heterocycles. The standard InChI is InChI=1S/C25H27N3O5/c1-17-6-9-21(32-2)18(14-17)7-11-23(29)26-19-8-10-22-20(15-19)28(25(31)33-22)16-24(30)27-12-4-3-5-13-27/h6-11,14-15H,3-5,12-13,16H2,1-2H3,(H,26,29)/b11-7+. The van der Waals surface area contributed by atoms with E-state index in [9.17, 15) is 14.4 Å². The molecular weight excluding hydrogens is 422 g/mol. The second-order valence-corrected chi connectivity index (χ2v) is 8.15. The minimum atomic E-state index is -0.592. The number of carbonyl (C=O) groups excluding carboxylic acids is 2. The van der Waals surface area contributed by atoms with Gasteiger partial charge in [-0.25, -0.2) is 4.79 Å². The van der Waals surface area contributed by atoms with Crippen LogP contribution in [0.3, 0.4) is 0 Å². The molecule has 1 aliphatic heterocycles. The number of hydrogen-bond donors (Lipinski definition) is 1. The van der Waals surface area contributed by atoms with E-state index in [1.807, 2.05) is 25.1 Å². The van der Waals surface area contributed by atoms with Crippen LogP contribution in [-0.2, 0) is 16.1 Å². The summed E-state index contributed by atoms with van der Waals surface area (Å²) in [5.41, 5.74) is 3.17. The first-order chi connectivity index (χ1) is 15.9. The summed E-state index contributed by atoms with van der Waals surface area (Å²) in [5, 5.41) is 2.79. The Bertz CT molecular complexity index is 1260. The third-order valence-electron chi connectivity index (χ3n) is 5.74. The lowest BCUT2D eigenvalue weighted by Crippen LogP contribution is -2.39.